The van der Waals surface area contributed by atoms with E-state index in [2.05, 4.69) is 163 Å². The van der Waals surface area contributed by atoms with E-state index in [1.807, 2.05) is 0 Å². The molecule has 0 spiro atoms. The van der Waals surface area contributed by atoms with Gasteiger partial charge in [-0.3, -0.25) is 0 Å². The Balaban J connectivity index is 0.00000184. The summed E-state index contributed by atoms with van der Waals surface area (Å²) in [4.78, 5) is 0. The fourth-order valence-electron chi connectivity index (χ4n) is 8.02. The molecule has 0 bridgehead atoms. The van der Waals surface area contributed by atoms with Gasteiger partial charge in [0.25, 0.3) is 0 Å². The van der Waals surface area contributed by atoms with Crippen LogP contribution < -0.4 is 0 Å². The van der Waals surface area contributed by atoms with E-state index in [-0.39, 0.29) is 24.8 Å². The maximum atomic E-state index is 2.73. The minimum absolute atomic E-state index is 0. The molecule has 43 heavy (non-hydrogen) atoms. The van der Waals surface area contributed by atoms with Crippen molar-refractivity contribution in [1.29, 1.82) is 0 Å². The summed E-state index contributed by atoms with van der Waals surface area (Å²) >= 11 is -3.72. The summed E-state index contributed by atoms with van der Waals surface area (Å²) < 4.78 is 6.38. The Labute approximate surface area is 271 Å². The molecule has 7 rings (SSSR count). The van der Waals surface area contributed by atoms with Crippen LogP contribution in [-0.4, -0.2) is 6.88 Å². The van der Waals surface area contributed by atoms with Gasteiger partial charge in [0, 0.05) is 0 Å². The first-order valence-electron chi connectivity index (χ1n) is 14.7. The van der Waals surface area contributed by atoms with Crippen molar-refractivity contribution in [2.24, 2.45) is 0 Å². The smallest absolute Gasteiger partial charge is 0.147 e. The minimum Gasteiger partial charge on any atom is -0.147 e. The monoisotopic (exact) mass is 694 g/mol. The van der Waals surface area contributed by atoms with E-state index in [1.54, 1.807) is 0 Å². The van der Waals surface area contributed by atoms with Gasteiger partial charge in [-0.15, -0.1) is 24.8 Å². The van der Waals surface area contributed by atoms with E-state index >= 15 is 0 Å². The zero-order valence-electron chi connectivity index (χ0n) is 25.0. The normalized spacial score (nSPS) is 17.1. The molecule has 0 aromatic heterocycles. The fraction of sp³-hybridized carbons (Fsp3) is 0.128. The Morgan fingerprint density at radius 3 is 1.40 bits per heavy atom. The Morgan fingerprint density at radius 1 is 0.488 bits per heavy atom. The summed E-state index contributed by atoms with van der Waals surface area (Å²) in [6.45, 7) is 4.82. The van der Waals surface area contributed by atoms with Gasteiger partial charge in [0.2, 0.25) is 0 Å². The van der Waals surface area contributed by atoms with Crippen molar-refractivity contribution in [3.63, 3.8) is 0 Å². The topological polar surface area (TPSA) is 0 Å². The molecule has 216 valence electrons. The van der Waals surface area contributed by atoms with Gasteiger partial charge < -0.3 is 0 Å². The third-order valence-electron chi connectivity index (χ3n) is 9.51. The number of allylic oxidation sites excluding steroid dienone is 2. The number of hydrogen-bond donors (Lipinski definition) is 0. The maximum absolute atomic E-state index is 3.72. The molecule has 0 saturated heterocycles. The third-order valence-corrected chi connectivity index (χ3v) is 27.1. The van der Waals surface area contributed by atoms with Crippen LogP contribution in [0.3, 0.4) is 0 Å². The van der Waals surface area contributed by atoms with E-state index in [4.69, 9.17) is 0 Å². The molecule has 0 fully saturated rings. The predicted octanol–water partition coefficient (Wildman–Crippen LogP) is 11.0. The van der Waals surface area contributed by atoms with Crippen molar-refractivity contribution < 1.29 is 17.4 Å². The summed E-state index contributed by atoms with van der Waals surface area (Å²) in [6.07, 6.45) is 5.06. The summed E-state index contributed by atoms with van der Waals surface area (Å²) in [6, 6.07) is 47.1. The average Bonchev–Trinajstić information content (AvgIpc) is 3.57. The van der Waals surface area contributed by atoms with Gasteiger partial charge in [-0.1, -0.05) is 0 Å². The predicted molar refractivity (Wildman–Crippen MR) is 192 cm³/mol. The summed E-state index contributed by atoms with van der Waals surface area (Å²) in [5.41, 5.74) is 15.6. The average molecular weight is 697 g/mol. The number of benzene rings is 5. The Morgan fingerprint density at radius 2 is 0.907 bits per heavy atom. The van der Waals surface area contributed by atoms with Crippen LogP contribution in [0.1, 0.15) is 42.0 Å². The van der Waals surface area contributed by atoms with Crippen LogP contribution in [0.5, 0.6) is 0 Å². The third kappa shape index (κ3) is 5.32. The van der Waals surface area contributed by atoms with Crippen LogP contribution in [0.2, 0.25) is 9.26 Å². The number of halogens is 2. The molecular formula is C39H38Cl2SiZr. The second-order valence-electron chi connectivity index (χ2n) is 13.0. The molecule has 0 radical (unpaired) electrons. The molecule has 0 heterocycles. The molecule has 5 aromatic carbocycles. The SMILES string of the molecule is CC1=Cc2c(-c3ccccc3)cccc2[CH]1[Zr]([CH3])([CH3])(=[SiH2])[CH]1C(c2ccccc2)=Cc2c(-c3ccccc3)cccc21.Cl.Cl. The van der Waals surface area contributed by atoms with Gasteiger partial charge in [-0.05, 0) is 0 Å². The summed E-state index contributed by atoms with van der Waals surface area (Å²) in [7, 11) is 0. The van der Waals surface area contributed by atoms with Crippen molar-refractivity contribution in [3.05, 3.63) is 161 Å². The summed E-state index contributed by atoms with van der Waals surface area (Å²) in [5.74, 6) is 0. The zero-order chi connectivity index (χ0) is 28.2. The molecule has 2 atom stereocenters. The van der Waals surface area contributed by atoms with Crippen molar-refractivity contribution in [2.45, 2.75) is 23.4 Å². The van der Waals surface area contributed by atoms with Gasteiger partial charge in [0.15, 0.2) is 0 Å². The maximum Gasteiger partial charge on any atom is -0.147 e. The van der Waals surface area contributed by atoms with Gasteiger partial charge >= 0.3 is 248 Å². The first-order valence-corrected chi connectivity index (χ1v) is 28.4. The van der Waals surface area contributed by atoms with Crippen molar-refractivity contribution in [1.82, 2.24) is 0 Å². The first-order chi connectivity index (χ1) is 19.8. The van der Waals surface area contributed by atoms with E-state index in [9.17, 15) is 0 Å². The van der Waals surface area contributed by atoms with Crippen LogP contribution in [0.4, 0.5) is 0 Å². The standard InChI is InChI=1S/C21H15.C16H13.2CH3.2ClH.H2Si.Zr/c1-3-8-16(9-4-1)19-14-18-12-7-13-20(21(18)15-19)17-10-5-2-6-11-17;1-12-10-14-8-5-9-15(16(14)11-12)13-6-3-2-4-7-13;;;;;;/h1-15H;2-11H,1H3;2*1H3;2*1H;1H2;. The number of fused-ring (bicyclic) bond motifs is 2. The second kappa shape index (κ2) is 12.0. The summed E-state index contributed by atoms with van der Waals surface area (Å²) in [5, 5.41) is 0. The van der Waals surface area contributed by atoms with E-state index in [0.29, 0.717) is 7.25 Å². The van der Waals surface area contributed by atoms with E-state index in [1.165, 1.54) is 61.2 Å². The number of rotatable bonds is 5. The van der Waals surface area contributed by atoms with Gasteiger partial charge in [-0.25, -0.2) is 0 Å². The Kier molecular flexibility index (Phi) is 8.83. The molecule has 0 nitrogen and oxygen atoms in total. The van der Waals surface area contributed by atoms with Crippen LogP contribution in [-0.2, 0) is 17.4 Å². The molecule has 0 amide bonds. The molecule has 2 unspecified atom stereocenters. The largest absolute Gasteiger partial charge is 0.147 e. The molecule has 0 saturated carbocycles. The van der Waals surface area contributed by atoms with E-state index < -0.39 is 17.4 Å². The van der Waals surface area contributed by atoms with Crippen molar-refractivity contribution in [2.75, 3.05) is 0 Å². The molecule has 2 aliphatic rings. The van der Waals surface area contributed by atoms with Crippen LogP contribution in [0, 0.1) is 0 Å². The molecule has 0 aliphatic heterocycles. The van der Waals surface area contributed by atoms with Crippen molar-refractivity contribution >= 4 is 49.4 Å². The van der Waals surface area contributed by atoms with Crippen molar-refractivity contribution in [3.8, 4) is 22.3 Å². The molecule has 4 heteroatoms. The number of hydrogen-bond acceptors (Lipinski definition) is 0. The molecular weight excluding hydrogens is 659 g/mol. The van der Waals surface area contributed by atoms with Crippen LogP contribution >= 0.6 is 24.8 Å². The zero-order valence-corrected chi connectivity index (χ0v) is 30.5. The molecule has 2 aliphatic carbocycles. The Hall–Kier alpha value is -2.74. The van der Waals surface area contributed by atoms with E-state index in [0.717, 1.165) is 0 Å². The quantitative estimate of drug-likeness (QED) is 0.161. The Bertz CT molecular complexity index is 1920. The van der Waals surface area contributed by atoms with Crippen LogP contribution in [0.15, 0.2) is 133 Å². The van der Waals surface area contributed by atoms with Gasteiger partial charge in [-0.2, -0.15) is 0 Å². The first kappa shape index (κ1) is 31.7. The minimum atomic E-state index is -3.72. The van der Waals surface area contributed by atoms with Crippen LogP contribution in [0.25, 0.3) is 40.0 Å². The molecule has 0 N–H and O–H groups in total. The fourth-order valence-corrected chi connectivity index (χ4v) is 27.9. The van der Waals surface area contributed by atoms with Gasteiger partial charge in [0.05, 0.1) is 0 Å². The van der Waals surface area contributed by atoms with Gasteiger partial charge in [0.1, 0.15) is 0 Å². The molecule has 5 aromatic rings. The second-order valence-corrected chi connectivity index (χ2v) is 43.5.